The van der Waals surface area contributed by atoms with Gasteiger partial charge in [0, 0.05) is 42.7 Å². The maximum atomic E-state index is 16.1. The van der Waals surface area contributed by atoms with Crippen LogP contribution in [-0.4, -0.2) is 56.1 Å². The lowest BCUT2D eigenvalue weighted by molar-refractivity contribution is -0.155. The first-order valence-corrected chi connectivity index (χ1v) is 13.4. The molecule has 4 rings (SSSR count). The molecule has 2 aliphatic rings. The second-order valence-electron chi connectivity index (χ2n) is 10.1. The molecule has 0 aliphatic carbocycles. The molecule has 202 valence electrons. The van der Waals surface area contributed by atoms with Gasteiger partial charge in [-0.05, 0) is 24.6 Å². The van der Waals surface area contributed by atoms with Crippen molar-refractivity contribution in [3.63, 3.8) is 0 Å². The van der Waals surface area contributed by atoms with Crippen molar-refractivity contribution in [1.29, 1.82) is 0 Å². The van der Waals surface area contributed by atoms with Gasteiger partial charge in [0.2, 0.25) is 0 Å². The van der Waals surface area contributed by atoms with Gasteiger partial charge < -0.3 is 14.4 Å². The lowest BCUT2D eigenvalue weighted by Gasteiger charge is -2.46. The molecule has 1 aromatic carbocycles. The van der Waals surface area contributed by atoms with Crippen molar-refractivity contribution in [1.82, 2.24) is 14.2 Å². The maximum Gasteiger partial charge on any atom is 0.406 e. The SMILES string of the molecule is CC(=O)O[C@@H]1[C@@H](CN2CC(C)(C)C(c3cccc(Cl)c3)OP2(=O)O)O[C@@H](n2ccc(=O)[nH]c2=O)[C@]1(C)F. The molecular weight excluding hydrogens is 532 g/mol. The lowest BCUT2D eigenvalue weighted by Crippen LogP contribution is -2.49. The monoisotopic (exact) mass is 559 g/mol. The van der Waals surface area contributed by atoms with Crippen molar-refractivity contribution in [2.24, 2.45) is 5.41 Å². The quantitative estimate of drug-likeness (QED) is 0.418. The van der Waals surface area contributed by atoms with Gasteiger partial charge in [-0.2, -0.15) is 0 Å². The highest BCUT2D eigenvalue weighted by atomic mass is 35.5. The van der Waals surface area contributed by atoms with Gasteiger partial charge in [0.15, 0.2) is 18.0 Å². The number of aromatic amines is 1. The van der Waals surface area contributed by atoms with E-state index in [-0.39, 0.29) is 13.1 Å². The molecule has 0 bridgehead atoms. The summed E-state index contributed by atoms with van der Waals surface area (Å²) in [4.78, 5) is 48.5. The van der Waals surface area contributed by atoms with Gasteiger partial charge in [-0.25, -0.2) is 18.4 Å². The standard InChI is InChI=1S/C23H28ClFN3O8P/c1-13(29)34-19-16(35-20(23(19,4)25)28-9-8-17(30)26-21(28)31)11-27-12-22(2,3)18(36-37(27,32)33)14-6-5-7-15(24)10-14/h5-10,16,18-20H,11-12H2,1-4H3,(H,32,33)(H,26,30,31)/t16-,18?,19-,20-,23-/m1/s1. The summed E-state index contributed by atoms with van der Waals surface area (Å²) >= 11 is 6.10. The number of nitrogens with one attached hydrogen (secondary N) is 1. The summed E-state index contributed by atoms with van der Waals surface area (Å²) in [5.41, 5.74) is -4.13. The summed E-state index contributed by atoms with van der Waals surface area (Å²) in [5.74, 6) is -0.805. The number of carbonyl (C=O) groups is 1. The van der Waals surface area contributed by atoms with Gasteiger partial charge in [0.1, 0.15) is 6.10 Å². The van der Waals surface area contributed by atoms with Crippen molar-refractivity contribution >= 4 is 25.3 Å². The number of H-pyrrole nitrogens is 1. The Labute approximate surface area is 216 Å². The van der Waals surface area contributed by atoms with Crippen molar-refractivity contribution in [2.45, 2.75) is 57.9 Å². The minimum Gasteiger partial charge on any atom is -0.456 e. The van der Waals surface area contributed by atoms with Crippen molar-refractivity contribution in [3.05, 3.63) is 68.0 Å². The molecule has 6 atom stereocenters. The summed E-state index contributed by atoms with van der Waals surface area (Å²) in [6.45, 7) is 5.54. The third-order valence-electron chi connectivity index (χ3n) is 6.52. The highest BCUT2D eigenvalue weighted by Crippen LogP contribution is 2.60. The summed E-state index contributed by atoms with van der Waals surface area (Å²) < 4.78 is 48.1. The normalized spacial score (nSPS) is 33.8. The van der Waals surface area contributed by atoms with E-state index in [0.29, 0.717) is 10.6 Å². The summed E-state index contributed by atoms with van der Waals surface area (Å²) in [7, 11) is -4.44. The van der Waals surface area contributed by atoms with Gasteiger partial charge in [-0.1, -0.05) is 37.6 Å². The van der Waals surface area contributed by atoms with E-state index < -0.39 is 60.6 Å². The highest BCUT2D eigenvalue weighted by Gasteiger charge is 2.60. The van der Waals surface area contributed by atoms with Crippen LogP contribution < -0.4 is 11.2 Å². The van der Waals surface area contributed by atoms with Gasteiger partial charge in [0.05, 0.1) is 6.10 Å². The second kappa shape index (κ2) is 9.76. The predicted octanol–water partition coefficient (Wildman–Crippen LogP) is 2.95. The molecule has 2 fully saturated rings. The summed E-state index contributed by atoms with van der Waals surface area (Å²) in [5, 5.41) is 0.446. The average Bonchev–Trinajstić information content (AvgIpc) is 3.00. The van der Waals surface area contributed by atoms with E-state index in [0.717, 1.165) is 35.3 Å². The van der Waals surface area contributed by atoms with Gasteiger partial charge in [0.25, 0.3) is 5.56 Å². The zero-order valence-electron chi connectivity index (χ0n) is 20.6. The zero-order chi connectivity index (χ0) is 27.3. The minimum absolute atomic E-state index is 0.0386. The second-order valence-corrected chi connectivity index (χ2v) is 12.3. The van der Waals surface area contributed by atoms with Crippen LogP contribution in [0.25, 0.3) is 0 Å². The minimum atomic E-state index is -4.44. The van der Waals surface area contributed by atoms with Crippen molar-refractivity contribution in [3.8, 4) is 0 Å². The number of halogens is 2. The van der Waals surface area contributed by atoms with E-state index in [4.69, 9.17) is 25.6 Å². The molecule has 0 amide bonds. The third kappa shape index (κ3) is 5.45. The molecule has 0 radical (unpaired) electrons. The highest BCUT2D eigenvalue weighted by molar-refractivity contribution is 7.50. The average molecular weight is 560 g/mol. The first-order valence-electron chi connectivity index (χ1n) is 11.5. The molecule has 1 aromatic heterocycles. The summed E-state index contributed by atoms with van der Waals surface area (Å²) in [6, 6.07) is 7.81. The third-order valence-corrected chi connectivity index (χ3v) is 8.26. The Hall–Kier alpha value is -2.34. The van der Waals surface area contributed by atoms with Crippen LogP contribution in [0, 0.1) is 5.41 Å². The molecule has 2 N–H and O–H groups in total. The number of esters is 1. The number of ether oxygens (including phenoxy) is 2. The molecule has 2 saturated heterocycles. The number of alkyl halides is 1. The first kappa shape index (κ1) is 27.7. The number of hydrogen-bond acceptors (Lipinski definition) is 7. The fraction of sp³-hybridized carbons (Fsp3) is 0.522. The number of benzene rings is 1. The molecule has 3 heterocycles. The number of hydrogen-bond donors (Lipinski definition) is 2. The maximum absolute atomic E-state index is 16.1. The van der Waals surface area contributed by atoms with E-state index in [2.05, 4.69) is 0 Å². The lowest BCUT2D eigenvalue weighted by atomic mass is 9.82. The molecular formula is C23H28ClFN3O8P. The Kier molecular flexibility index (Phi) is 7.30. The first-order chi connectivity index (χ1) is 17.1. The van der Waals surface area contributed by atoms with Gasteiger partial charge in [-0.3, -0.25) is 23.7 Å². The van der Waals surface area contributed by atoms with Crippen LogP contribution in [-0.2, 0) is 23.4 Å². The van der Waals surface area contributed by atoms with Gasteiger partial charge in [-0.15, -0.1) is 0 Å². The molecule has 11 nitrogen and oxygen atoms in total. The Bertz CT molecular complexity index is 1360. The van der Waals surface area contributed by atoms with Crippen LogP contribution in [0.15, 0.2) is 46.1 Å². The van der Waals surface area contributed by atoms with E-state index >= 15 is 4.39 Å². The number of aromatic nitrogens is 2. The Balaban J connectivity index is 1.65. The largest absolute Gasteiger partial charge is 0.456 e. The Morgan fingerprint density at radius 2 is 2.03 bits per heavy atom. The number of nitrogens with zero attached hydrogens (tertiary/aromatic N) is 2. The molecule has 2 aromatic rings. The zero-order valence-corrected chi connectivity index (χ0v) is 22.2. The summed E-state index contributed by atoms with van der Waals surface area (Å²) in [6.07, 6.45) is -4.10. The van der Waals surface area contributed by atoms with Gasteiger partial charge >= 0.3 is 19.4 Å². The fourth-order valence-corrected chi connectivity index (χ4v) is 6.80. The van der Waals surface area contributed by atoms with E-state index in [1.165, 1.54) is 0 Å². The topological polar surface area (TPSA) is 140 Å². The molecule has 2 aliphatic heterocycles. The fourth-order valence-electron chi connectivity index (χ4n) is 4.88. The van der Waals surface area contributed by atoms with Crippen LogP contribution in [0.2, 0.25) is 5.02 Å². The van der Waals surface area contributed by atoms with Crippen LogP contribution in [0.4, 0.5) is 4.39 Å². The molecule has 0 saturated carbocycles. The predicted molar refractivity (Wildman–Crippen MR) is 131 cm³/mol. The van der Waals surface area contributed by atoms with Crippen LogP contribution in [0.3, 0.4) is 0 Å². The van der Waals surface area contributed by atoms with E-state index in [1.807, 2.05) is 18.8 Å². The van der Waals surface area contributed by atoms with Crippen LogP contribution in [0.1, 0.15) is 45.6 Å². The van der Waals surface area contributed by atoms with Crippen molar-refractivity contribution < 1.29 is 32.6 Å². The Morgan fingerprint density at radius 3 is 2.65 bits per heavy atom. The number of rotatable bonds is 5. The van der Waals surface area contributed by atoms with Crippen molar-refractivity contribution in [2.75, 3.05) is 13.1 Å². The smallest absolute Gasteiger partial charge is 0.406 e. The molecule has 14 heteroatoms. The van der Waals surface area contributed by atoms with E-state index in [1.54, 1.807) is 24.3 Å². The Morgan fingerprint density at radius 1 is 1.32 bits per heavy atom. The van der Waals surface area contributed by atoms with Crippen LogP contribution in [0.5, 0.6) is 0 Å². The number of carbonyl (C=O) groups excluding carboxylic acids is 1. The van der Waals surface area contributed by atoms with Crippen LogP contribution >= 0.6 is 19.3 Å². The molecule has 0 spiro atoms. The van der Waals surface area contributed by atoms with E-state index in [9.17, 15) is 23.8 Å². The molecule has 2 unspecified atom stereocenters. The molecule has 37 heavy (non-hydrogen) atoms.